The number of aryl methyl sites for hydroxylation is 1. The van der Waals surface area contributed by atoms with E-state index in [1.54, 1.807) is 26.2 Å². The minimum absolute atomic E-state index is 0.224. The van der Waals surface area contributed by atoms with Gasteiger partial charge >= 0.3 is 0 Å². The van der Waals surface area contributed by atoms with Crippen molar-refractivity contribution in [1.29, 1.82) is 0 Å². The molecule has 0 unspecified atom stereocenters. The Morgan fingerprint density at radius 3 is 2.90 bits per heavy atom. The van der Waals surface area contributed by atoms with Crippen LogP contribution in [0, 0.1) is 12.7 Å². The Kier molecular flexibility index (Phi) is 7.17. The van der Waals surface area contributed by atoms with E-state index in [-0.39, 0.29) is 30.7 Å². The second kappa shape index (κ2) is 8.91. The Morgan fingerprint density at radius 1 is 1.48 bits per heavy atom. The molecule has 0 aliphatic carbocycles. The Morgan fingerprint density at radius 2 is 2.24 bits per heavy atom. The number of ether oxygens (including phenoxy) is 1. The summed E-state index contributed by atoms with van der Waals surface area (Å²) in [7, 11) is 1.55. The second-order valence-electron chi connectivity index (χ2n) is 4.46. The van der Waals surface area contributed by atoms with Crippen molar-refractivity contribution < 1.29 is 18.8 Å². The van der Waals surface area contributed by atoms with Gasteiger partial charge in [0.2, 0.25) is 0 Å². The van der Waals surface area contributed by atoms with Crippen LogP contribution < -0.4 is 11.1 Å². The van der Waals surface area contributed by atoms with Crippen LogP contribution in [0.25, 0.3) is 0 Å². The summed E-state index contributed by atoms with van der Waals surface area (Å²) in [5.74, 6) is -0.405. The molecule has 0 saturated heterocycles. The normalized spacial score (nSPS) is 11.3. The number of benzene rings is 1. The highest BCUT2D eigenvalue weighted by Gasteiger charge is 2.04. The average molecular weight is 297 g/mol. The third-order valence-electron chi connectivity index (χ3n) is 2.67. The van der Waals surface area contributed by atoms with Gasteiger partial charge in [0.05, 0.1) is 6.61 Å². The topological polar surface area (TPSA) is 85.9 Å². The first-order valence-electron chi connectivity index (χ1n) is 6.48. The Balaban J connectivity index is 2.29. The van der Waals surface area contributed by atoms with Gasteiger partial charge in [-0.15, -0.1) is 0 Å². The number of rotatable bonds is 8. The first kappa shape index (κ1) is 16.9. The zero-order valence-electron chi connectivity index (χ0n) is 12.2. The van der Waals surface area contributed by atoms with Crippen LogP contribution in [0.2, 0.25) is 0 Å². The van der Waals surface area contributed by atoms with Crippen molar-refractivity contribution >= 4 is 11.7 Å². The molecule has 0 bridgehead atoms. The summed E-state index contributed by atoms with van der Waals surface area (Å²) in [4.78, 5) is 16.3. The van der Waals surface area contributed by atoms with Gasteiger partial charge in [0.1, 0.15) is 11.7 Å². The smallest absolute Gasteiger partial charge is 0.261 e. The van der Waals surface area contributed by atoms with Crippen LogP contribution in [0.15, 0.2) is 23.4 Å². The number of nitrogens with two attached hydrogens (primary N) is 1. The highest BCUT2D eigenvalue weighted by Crippen LogP contribution is 2.08. The molecule has 3 N–H and O–H groups in total. The summed E-state index contributed by atoms with van der Waals surface area (Å²) in [6, 6.07) is 4.80. The summed E-state index contributed by atoms with van der Waals surface area (Å²) in [6.45, 7) is 2.09. The lowest BCUT2D eigenvalue weighted by molar-refractivity contribution is -0.125. The average Bonchev–Trinajstić information content (AvgIpc) is 2.46. The molecular formula is C14H20FN3O3. The molecule has 0 radical (unpaired) electrons. The number of nitrogens with zero attached hydrogens (tertiary/aromatic N) is 1. The van der Waals surface area contributed by atoms with Crippen molar-refractivity contribution in [2.75, 3.05) is 20.3 Å². The van der Waals surface area contributed by atoms with E-state index < -0.39 is 0 Å². The van der Waals surface area contributed by atoms with Gasteiger partial charge in [0.15, 0.2) is 6.61 Å². The van der Waals surface area contributed by atoms with Crippen molar-refractivity contribution in [3.63, 3.8) is 0 Å². The summed E-state index contributed by atoms with van der Waals surface area (Å²) >= 11 is 0. The van der Waals surface area contributed by atoms with E-state index in [4.69, 9.17) is 15.3 Å². The van der Waals surface area contributed by atoms with E-state index in [2.05, 4.69) is 10.5 Å². The number of amides is 1. The molecule has 1 aromatic rings. The highest BCUT2D eigenvalue weighted by atomic mass is 19.1. The van der Waals surface area contributed by atoms with Crippen LogP contribution >= 0.6 is 0 Å². The van der Waals surface area contributed by atoms with E-state index in [0.717, 1.165) is 0 Å². The number of carbonyl (C=O) groups is 1. The highest BCUT2D eigenvalue weighted by molar-refractivity contribution is 5.80. The predicted octanol–water partition coefficient (Wildman–Crippen LogP) is 1.08. The monoisotopic (exact) mass is 297 g/mol. The Labute approximate surface area is 123 Å². The quantitative estimate of drug-likeness (QED) is 0.427. The maximum atomic E-state index is 13.3. The molecule has 7 heteroatoms. The molecule has 1 aromatic carbocycles. The summed E-state index contributed by atoms with van der Waals surface area (Å²) < 4.78 is 18.1. The van der Waals surface area contributed by atoms with E-state index >= 15 is 0 Å². The minimum atomic E-state index is -0.362. The van der Waals surface area contributed by atoms with Crippen molar-refractivity contribution in [3.05, 3.63) is 35.1 Å². The third-order valence-corrected chi connectivity index (χ3v) is 2.67. The van der Waals surface area contributed by atoms with Gasteiger partial charge in [-0.05, 0) is 24.1 Å². The molecule has 21 heavy (non-hydrogen) atoms. The fourth-order valence-electron chi connectivity index (χ4n) is 1.42. The van der Waals surface area contributed by atoms with E-state index in [9.17, 15) is 9.18 Å². The van der Waals surface area contributed by atoms with Crippen LogP contribution in [-0.2, 0) is 20.9 Å². The van der Waals surface area contributed by atoms with Gasteiger partial charge in [0, 0.05) is 20.1 Å². The summed E-state index contributed by atoms with van der Waals surface area (Å²) in [6.07, 6.45) is 0.431. The maximum Gasteiger partial charge on any atom is 0.261 e. The summed E-state index contributed by atoms with van der Waals surface area (Å²) in [5.41, 5.74) is 6.75. The molecule has 0 aliphatic rings. The molecule has 1 rings (SSSR count). The lowest BCUT2D eigenvalue weighted by Gasteiger charge is -2.06. The number of hydrogen-bond donors (Lipinski definition) is 2. The third kappa shape index (κ3) is 6.71. The van der Waals surface area contributed by atoms with Crippen molar-refractivity contribution in [2.24, 2.45) is 10.9 Å². The van der Waals surface area contributed by atoms with Gasteiger partial charge in [0.25, 0.3) is 5.91 Å². The molecule has 1 amide bonds. The van der Waals surface area contributed by atoms with Crippen molar-refractivity contribution in [2.45, 2.75) is 19.9 Å². The van der Waals surface area contributed by atoms with Crippen molar-refractivity contribution in [3.8, 4) is 0 Å². The molecule has 0 atom stereocenters. The standard InChI is InChI=1S/C14H20FN3O3/c1-10-3-4-11(7-12(10)15)8-17-14(19)9-21-18-13(16)5-6-20-2/h3-4,7H,5-6,8-9H2,1-2H3,(H2,16,18)(H,17,19). The van der Waals surface area contributed by atoms with Gasteiger partial charge in [-0.25, -0.2) is 4.39 Å². The largest absolute Gasteiger partial charge is 0.384 e. The number of oxime groups is 1. The van der Waals surface area contributed by atoms with Gasteiger partial charge in [-0.3, -0.25) is 4.79 Å². The van der Waals surface area contributed by atoms with Crippen LogP contribution in [0.4, 0.5) is 4.39 Å². The number of nitrogens with one attached hydrogen (secondary N) is 1. The van der Waals surface area contributed by atoms with Crippen LogP contribution in [0.5, 0.6) is 0 Å². The van der Waals surface area contributed by atoms with Crippen LogP contribution in [0.3, 0.4) is 0 Å². The lowest BCUT2D eigenvalue weighted by atomic mass is 10.1. The number of amidine groups is 1. The first-order valence-corrected chi connectivity index (χ1v) is 6.48. The van der Waals surface area contributed by atoms with Gasteiger partial charge < -0.3 is 20.6 Å². The Hall–Kier alpha value is -2.15. The van der Waals surface area contributed by atoms with E-state index in [1.807, 2.05) is 0 Å². The molecular weight excluding hydrogens is 277 g/mol. The number of halogens is 1. The maximum absolute atomic E-state index is 13.3. The minimum Gasteiger partial charge on any atom is -0.384 e. The predicted molar refractivity (Wildman–Crippen MR) is 77.1 cm³/mol. The molecule has 0 fully saturated rings. The first-order chi connectivity index (χ1) is 10.0. The van der Waals surface area contributed by atoms with Crippen LogP contribution in [-0.4, -0.2) is 32.1 Å². The fraction of sp³-hybridized carbons (Fsp3) is 0.429. The molecule has 0 spiro atoms. The summed E-state index contributed by atoms with van der Waals surface area (Å²) in [5, 5.41) is 6.17. The Bertz CT molecular complexity index is 506. The fourth-order valence-corrected chi connectivity index (χ4v) is 1.42. The molecule has 0 heterocycles. The zero-order chi connectivity index (χ0) is 15.7. The number of hydrogen-bond acceptors (Lipinski definition) is 4. The van der Waals surface area contributed by atoms with E-state index in [1.165, 1.54) is 6.07 Å². The van der Waals surface area contributed by atoms with Crippen LogP contribution in [0.1, 0.15) is 17.5 Å². The number of methoxy groups -OCH3 is 1. The lowest BCUT2D eigenvalue weighted by Crippen LogP contribution is -2.27. The van der Waals surface area contributed by atoms with Crippen molar-refractivity contribution in [1.82, 2.24) is 5.32 Å². The number of carbonyl (C=O) groups excluding carboxylic acids is 1. The zero-order valence-corrected chi connectivity index (χ0v) is 12.2. The van der Waals surface area contributed by atoms with E-state index in [0.29, 0.717) is 24.2 Å². The van der Waals surface area contributed by atoms with Gasteiger partial charge in [-0.2, -0.15) is 0 Å². The molecule has 0 aliphatic heterocycles. The molecule has 116 valence electrons. The molecule has 0 saturated carbocycles. The second-order valence-corrected chi connectivity index (χ2v) is 4.46. The van der Waals surface area contributed by atoms with Gasteiger partial charge in [-0.1, -0.05) is 17.3 Å². The molecule has 6 nitrogen and oxygen atoms in total. The SMILES string of the molecule is COCC/C(N)=N/OCC(=O)NCc1ccc(C)c(F)c1. The molecule has 0 aromatic heterocycles.